The highest BCUT2D eigenvalue weighted by atomic mass is 16.6. The second-order valence-corrected chi connectivity index (χ2v) is 3.38. The molecule has 1 aromatic heterocycles. The summed E-state index contributed by atoms with van der Waals surface area (Å²) in [4.78, 5) is 0. The van der Waals surface area contributed by atoms with Crippen molar-refractivity contribution < 1.29 is 9.15 Å². The van der Waals surface area contributed by atoms with Crippen molar-refractivity contribution in [3.63, 3.8) is 0 Å². The number of benzene rings is 1. The van der Waals surface area contributed by atoms with Crippen molar-refractivity contribution in [1.29, 1.82) is 0 Å². The smallest absolute Gasteiger partial charge is 0.414 e. The Labute approximate surface area is 93.2 Å². The predicted octanol–water partition coefficient (Wildman–Crippen LogP) is 2.03. The number of nitrogens with zero attached hydrogens (tertiary/aromatic N) is 2. The van der Waals surface area contributed by atoms with Gasteiger partial charge in [-0.3, -0.25) is 0 Å². The Hall–Kier alpha value is -2.04. The zero-order valence-corrected chi connectivity index (χ0v) is 9.23. The molecule has 0 saturated heterocycles. The Morgan fingerprint density at radius 1 is 1.38 bits per heavy atom. The quantitative estimate of drug-likeness (QED) is 0.799. The van der Waals surface area contributed by atoms with Crippen molar-refractivity contribution in [1.82, 2.24) is 10.2 Å². The molecule has 2 rings (SSSR count). The number of nitrogen functional groups attached to an aromatic ring is 1. The number of hydrogen-bond donors (Lipinski definition) is 1. The van der Waals surface area contributed by atoms with Crippen LogP contribution in [0.15, 0.2) is 22.6 Å². The molecule has 0 atom stereocenters. The van der Waals surface area contributed by atoms with E-state index >= 15 is 0 Å². The number of ether oxygens (including phenoxy) is 1. The number of rotatable bonds is 3. The van der Waals surface area contributed by atoms with E-state index in [2.05, 4.69) is 10.2 Å². The average Bonchev–Trinajstić information content (AvgIpc) is 2.67. The van der Waals surface area contributed by atoms with Crippen molar-refractivity contribution >= 4 is 5.69 Å². The summed E-state index contributed by atoms with van der Waals surface area (Å²) in [5, 5.41) is 7.69. The van der Waals surface area contributed by atoms with Crippen LogP contribution in [0.25, 0.3) is 11.5 Å². The maximum atomic E-state index is 5.67. The van der Waals surface area contributed by atoms with Crippen LogP contribution < -0.4 is 10.5 Å². The molecule has 0 bridgehead atoms. The van der Waals surface area contributed by atoms with Gasteiger partial charge in [-0.1, -0.05) is 5.10 Å². The molecule has 0 radical (unpaired) electrons. The summed E-state index contributed by atoms with van der Waals surface area (Å²) in [5.74, 6) is 0.445. The van der Waals surface area contributed by atoms with Crippen LogP contribution in [0.5, 0.6) is 6.08 Å². The molecule has 0 aliphatic heterocycles. The Bertz CT molecular complexity index is 494. The Kier molecular flexibility index (Phi) is 2.76. The lowest BCUT2D eigenvalue weighted by molar-refractivity contribution is 0.247. The maximum Gasteiger partial charge on any atom is 0.414 e. The van der Waals surface area contributed by atoms with E-state index in [-0.39, 0.29) is 6.08 Å². The number of aromatic nitrogens is 2. The van der Waals surface area contributed by atoms with Gasteiger partial charge in [-0.2, -0.15) is 0 Å². The highest BCUT2D eigenvalue weighted by Crippen LogP contribution is 2.25. The second kappa shape index (κ2) is 4.22. The molecule has 2 aromatic rings. The zero-order chi connectivity index (χ0) is 11.5. The van der Waals surface area contributed by atoms with E-state index in [1.807, 2.05) is 26.0 Å². The molecular weight excluding hydrogens is 206 g/mol. The Morgan fingerprint density at radius 2 is 2.19 bits per heavy atom. The van der Waals surface area contributed by atoms with Crippen LogP contribution in [0.2, 0.25) is 0 Å². The van der Waals surface area contributed by atoms with Crippen LogP contribution >= 0.6 is 0 Å². The lowest BCUT2D eigenvalue weighted by Crippen LogP contribution is -1.90. The average molecular weight is 219 g/mol. The Balaban J connectivity index is 2.35. The molecule has 84 valence electrons. The molecule has 0 amide bonds. The first-order chi connectivity index (χ1) is 7.70. The van der Waals surface area contributed by atoms with Crippen molar-refractivity contribution in [2.75, 3.05) is 12.3 Å². The first kappa shape index (κ1) is 10.5. The van der Waals surface area contributed by atoms with Gasteiger partial charge >= 0.3 is 6.08 Å². The number of hydrogen-bond acceptors (Lipinski definition) is 5. The van der Waals surface area contributed by atoms with Gasteiger partial charge in [0.15, 0.2) is 0 Å². The van der Waals surface area contributed by atoms with E-state index in [4.69, 9.17) is 14.9 Å². The molecule has 5 nitrogen and oxygen atoms in total. The zero-order valence-electron chi connectivity index (χ0n) is 9.23. The largest absolute Gasteiger partial charge is 0.449 e. The monoisotopic (exact) mass is 219 g/mol. The minimum absolute atomic E-state index is 0.189. The number of aryl methyl sites for hydroxylation is 1. The molecule has 5 heteroatoms. The standard InChI is InChI=1S/C11H13N3O2/c1-3-15-11-14-13-10(16-11)9-5-4-8(12)6-7(9)2/h4-6H,3,12H2,1-2H3. The van der Waals surface area contributed by atoms with Gasteiger partial charge in [-0.05, 0) is 37.6 Å². The van der Waals surface area contributed by atoms with Crippen molar-refractivity contribution in [3.8, 4) is 17.5 Å². The summed E-state index contributed by atoms with van der Waals surface area (Å²) < 4.78 is 10.5. The minimum Gasteiger partial charge on any atom is -0.449 e. The number of nitrogens with two attached hydrogens (primary N) is 1. The third kappa shape index (κ3) is 1.98. The van der Waals surface area contributed by atoms with Gasteiger partial charge in [-0.25, -0.2) is 0 Å². The maximum absolute atomic E-state index is 5.67. The first-order valence-corrected chi connectivity index (χ1v) is 5.03. The van der Waals surface area contributed by atoms with Crippen molar-refractivity contribution in [2.45, 2.75) is 13.8 Å². The highest BCUT2D eigenvalue weighted by molar-refractivity contribution is 5.62. The van der Waals surface area contributed by atoms with E-state index in [1.165, 1.54) is 0 Å². The molecule has 0 saturated carbocycles. The van der Waals surface area contributed by atoms with Gasteiger partial charge < -0.3 is 14.9 Å². The van der Waals surface area contributed by atoms with E-state index in [1.54, 1.807) is 6.07 Å². The third-order valence-corrected chi connectivity index (χ3v) is 2.16. The third-order valence-electron chi connectivity index (χ3n) is 2.16. The molecule has 0 aliphatic carbocycles. The topological polar surface area (TPSA) is 74.2 Å². The van der Waals surface area contributed by atoms with Gasteiger partial charge in [0.05, 0.1) is 6.61 Å². The minimum atomic E-state index is 0.189. The van der Waals surface area contributed by atoms with Crippen LogP contribution in [0, 0.1) is 6.92 Å². The number of anilines is 1. The van der Waals surface area contributed by atoms with Crippen LogP contribution in [0.4, 0.5) is 5.69 Å². The molecule has 2 N–H and O–H groups in total. The Morgan fingerprint density at radius 3 is 2.88 bits per heavy atom. The molecule has 0 spiro atoms. The molecule has 1 heterocycles. The van der Waals surface area contributed by atoms with E-state index in [0.29, 0.717) is 18.2 Å². The van der Waals surface area contributed by atoms with Gasteiger partial charge in [0.1, 0.15) is 0 Å². The summed E-state index contributed by atoms with van der Waals surface area (Å²) in [6, 6.07) is 5.51. The first-order valence-electron chi connectivity index (χ1n) is 5.03. The predicted molar refractivity (Wildman–Crippen MR) is 60.1 cm³/mol. The molecule has 0 unspecified atom stereocenters. The van der Waals surface area contributed by atoms with Crippen LogP contribution in [0.1, 0.15) is 12.5 Å². The van der Waals surface area contributed by atoms with Crippen LogP contribution in [-0.2, 0) is 0 Å². The summed E-state index contributed by atoms with van der Waals surface area (Å²) in [6.45, 7) is 4.30. The molecule has 16 heavy (non-hydrogen) atoms. The van der Waals surface area contributed by atoms with Crippen molar-refractivity contribution in [3.05, 3.63) is 23.8 Å². The van der Waals surface area contributed by atoms with Gasteiger partial charge in [-0.15, -0.1) is 5.10 Å². The van der Waals surface area contributed by atoms with Gasteiger partial charge in [0.25, 0.3) is 5.89 Å². The normalized spacial score (nSPS) is 10.4. The van der Waals surface area contributed by atoms with E-state index in [9.17, 15) is 0 Å². The summed E-state index contributed by atoms with van der Waals surface area (Å²) in [5.41, 5.74) is 8.24. The van der Waals surface area contributed by atoms with Gasteiger partial charge in [0, 0.05) is 11.3 Å². The second-order valence-electron chi connectivity index (χ2n) is 3.38. The molecule has 0 fully saturated rings. The van der Waals surface area contributed by atoms with Gasteiger partial charge in [0.2, 0.25) is 0 Å². The van der Waals surface area contributed by atoms with Crippen LogP contribution in [-0.4, -0.2) is 16.8 Å². The summed E-state index contributed by atoms with van der Waals surface area (Å²) in [7, 11) is 0. The fourth-order valence-corrected chi connectivity index (χ4v) is 1.43. The molecular formula is C11H13N3O2. The molecule has 0 aliphatic rings. The van der Waals surface area contributed by atoms with E-state index < -0.39 is 0 Å². The fourth-order valence-electron chi connectivity index (χ4n) is 1.43. The fraction of sp³-hybridized carbons (Fsp3) is 0.273. The van der Waals surface area contributed by atoms with Crippen LogP contribution in [0.3, 0.4) is 0 Å². The summed E-state index contributed by atoms with van der Waals surface area (Å²) >= 11 is 0. The SMILES string of the molecule is CCOc1nnc(-c2ccc(N)cc2C)o1. The summed E-state index contributed by atoms with van der Waals surface area (Å²) in [6.07, 6.45) is 0.189. The lowest BCUT2D eigenvalue weighted by Gasteiger charge is -2.01. The molecule has 1 aromatic carbocycles. The highest BCUT2D eigenvalue weighted by Gasteiger charge is 2.11. The lowest BCUT2D eigenvalue weighted by atomic mass is 10.1. The van der Waals surface area contributed by atoms with E-state index in [0.717, 1.165) is 11.1 Å². The van der Waals surface area contributed by atoms with Crippen molar-refractivity contribution in [2.24, 2.45) is 0 Å².